The second kappa shape index (κ2) is 4.69. The topological polar surface area (TPSA) is 34.0 Å². The molecule has 0 atom stereocenters. The number of fused-ring (bicyclic) bond motifs is 1. The number of carbonyl (C=O) groups excluding carboxylic acids is 1. The van der Waals surface area contributed by atoms with Crippen LogP contribution < -0.4 is 5.32 Å². The van der Waals surface area contributed by atoms with Gasteiger partial charge in [-0.3, -0.25) is 4.79 Å². The molecule has 1 saturated carbocycles. The zero-order valence-corrected chi connectivity index (χ0v) is 11.7. The second-order valence-electron chi connectivity index (χ2n) is 5.51. The average Bonchev–Trinajstić information content (AvgIpc) is 2.74. The van der Waals surface area contributed by atoms with Crippen LogP contribution in [-0.4, -0.2) is 22.4 Å². The molecule has 0 bridgehead atoms. The highest BCUT2D eigenvalue weighted by molar-refractivity contribution is 6.00. The summed E-state index contributed by atoms with van der Waals surface area (Å²) in [5.74, 6) is -2.95. The molecular formula is C16H16F2N2O. The van der Waals surface area contributed by atoms with Crippen LogP contribution in [0.1, 0.15) is 28.9 Å². The first-order valence-electron chi connectivity index (χ1n) is 6.81. The number of para-hydroxylation sites is 1. The van der Waals surface area contributed by atoms with Crippen molar-refractivity contribution < 1.29 is 13.6 Å². The number of rotatable bonds is 3. The number of hydrogen-bond acceptors (Lipinski definition) is 1. The molecule has 0 unspecified atom stereocenters. The third-order valence-corrected chi connectivity index (χ3v) is 3.97. The number of nitrogens with one attached hydrogen (secondary N) is 1. The van der Waals surface area contributed by atoms with Crippen LogP contribution in [-0.2, 0) is 7.05 Å². The second-order valence-corrected chi connectivity index (χ2v) is 5.51. The molecule has 2 aromatic rings. The Kier molecular flexibility index (Phi) is 3.08. The van der Waals surface area contributed by atoms with Crippen LogP contribution in [0.15, 0.2) is 30.8 Å². The van der Waals surface area contributed by atoms with Crippen molar-refractivity contribution >= 4 is 22.9 Å². The van der Waals surface area contributed by atoms with Gasteiger partial charge in [-0.05, 0) is 11.6 Å². The van der Waals surface area contributed by atoms with E-state index in [4.69, 9.17) is 0 Å². The number of nitrogens with zero attached hydrogens (tertiary/aromatic N) is 1. The van der Waals surface area contributed by atoms with Gasteiger partial charge in [0.25, 0.3) is 11.8 Å². The summed E-state index contributed by atoms with van der Waals surface area (Å²) >= 11 is 0. The smallest absolute Gasteiger partial charge is 0.268 e. The number of halogens is 2. The number of alkyl halides is 2. The largest absolute Gasteiger partial charge is 0.348 e. The van der Waals surface area contributed by atoms with Crippen LogP contribution >= 0.6 is 0 Å². The number of hydrogen-bond donors (Lipinski definition) is 1. The van der Waals surface area contributed by atoms with E-state index in [9.17, 15) is 13.6 Å². The number of carbonyl (C=O) groups is 1. The van der Waals surface area contributed by atoms with Gasteiger partial charge in [-0.1, -0.05) is 30.9 Å². The molecule has 1 aromatic heterocycles. The first-order valence-corrected chi connectivity index (χ1v) is 6.81. The molecule has 1 aromatic carbocycles. The van der Waals surface area contributed by atoms with Crippen LogP contribution in [0.2, 0.25) is 0 Å². The van der Waals surface area contributed by atoms with Gasteiger partial charge in [0.15, 0.2) is 0 Å². The summed E-state index contributed by atoms with van der Waals surface area (Å²) < 4.78 is 27.4. The Morgan fingerprint density at radius 3 is 2.81 bits per heavy atom. The summed E-state index contributed by atoms with van der Waals surface area (Å²) in [6.07, 6.45) is 1.18. The molecule has 1 N–H and O–H groups in total. The number of benzene rings is 1. The summed E-state index contributed by atoms with van der Waals surface area (Å²) in [5, 5.41) is 3.59. The third kappa shape index (κ3) is 2.33. The highest BCUT2D eigenvalue weighted by atomic mass is 19.3. The van der Waals surface area contributed by atoms with Crippen LogP contribution in [0.25, 0.3) is 17.0 Å². The predicted molar refractivity (Wildman–Crippen MR) is 78.4 cm³/mol. The molecule has 0 radical (unpaired) electrons. The summed E-state index contributed by atoms with van der Waals surface area (Å²) in [5.41, 5.74) is 2.32. The quantitative estimate of drug-likeness (QED) is 0.924. The highest BCUT2D eigenvalue weighted by Gasteiger charge is 2.46. The molecular weight excluding hydrogens is 274 g/mol. The van der Waals surface area contributed by atoms with Crippen molar-refractivity contribution in [3.05, 3.63) is 42.1 Å². The van der Waals surface area contributed by atoms with E-state index in [0.29, 0.717) is 5.69 Å². The SMILES string of the molecule is C=Cc1cccc2cc(C(=O)NC3CC(F)(F)C3)n(C)c12. The Morgan fingerprint density at radius 1 is 1.48 bits per heavy atom. The molecule has 110 valence electrons. The maximum Gasteiger partial charge on any atom is 0.268 e. The lowest BCUT2D eigenvalue weighted by Crippen LogP contribution is -2.50. The van der Waals surface area contributed by atoms with Gasteiger partial charge in [-0.25, -0.2) is 8.78 Å². The lowest BCUT2D eigenvalue weighted by atomic mass is 9.88. The Balaban J connectivity index is 1.89. The molecule has 1 amide bonds. The van der Waals surface area contributed by atoms with Gasteiger partial charge < -0.3 is 9.88 Å². The molecule has 1 aliphatic carbocycles. The maximum absolute atomic E-state index is 12.8. The van der Waals surface area contributed by atoms with E-state index in [0.717, 1.165) is 16.5 Å². The molecule has 5 heteroatoms. The highest BCUT2D eigenvalue weighted by Crippen LogP contribution is 2.37. The van der Waals surface area contributed by atoms with Crippen molar-refractivity contribution in [2.24, 2.45) is 7.05 Å². The average molecular weight is 290 g/mol. The Hall–Kier alpha value is -2.17. The van der Waals surface area contributed by atoms with Crippen LogP contribution in [0.5, 0.6) is 0 Å². The van der Waals surface area contributed by atoms with E-state index in [1.54, 1.807) is 23.8 Å². The Labute approximate surface area is 121 Å². The van der Waals surface area contributed by atoms with Gasteiger partial charge in [-0.15, -0.1) is 0 Å². The molecule has 0 aliphatic heterocycles. The monoisotopic (exact) mass is 290 g/mol. The van der Waals surface area contributed by atoms with Crippen molar-refractivity contribution in [3.63, 3.8) is 0 Å². The fourth-order valence-corrected chi connectivity index (χ4v) is 2.85. The molecule has 1 aliphatic rings. The molecule has 3 nitrogen and oxygen atoms in total. The number of aromatic nitrogens is 1. The summed E-state index contributed by atoms with van der Waals surface area (Å²) in [4.78, 5) is 12.2. The van der Waals surface area contributed by atoms with E-state index in [2.05, 4.69) is 11.9 Å². The van der Waals surface area contributed by atoms with Crippen molar-refractivity contribution in [2.45, 2.75) is 24.8 Å². The summed E-state index contributed by atoms with van der Waals surface area (Å²) in [6.45, 7) is 3.77. The molecule has 1 heterocycles. The zero-order valence-electron chi connectivity index (χ0n) is 11.7. The normalized spacial score (nSPS) is 17.5. The standard InChI is InChI=1S/C16H16F2N2O/c1-3-10-5-4-6-11-7-13(20(2)14(10)11)15(21)19-12-8-16(17,18)9-12/h3-7,12H,1,8-9H2,2H3,(H,19,21). The molecule has 1 fully saturated rings. The minimum absolute atomic E-state index is 0.277. The van der Waals surface area contributed by atoms with Crippen molar-refractivity contribution in [1.29, 1.82) is 0 Å². The van der Waals surface area contributed by atoms with Gasteiger partial charge in [0.05, 0.1) is 5.52 Å². The fraction of sp³-hybridized carbons (Fsp3) is 0.312. The van der Waals surface area contributed by atoms with E-state index in [1.807, 2.05) is 18.2 Å². The number of amides is 1. The van der Waals surface area contributed by atoms with Gasteiger partial charge in [0, 0.05) is 31.3 Å². The van der Waals surface area contributed by atoms with E-state index < -0.39 is 12.0 Å². The van der Waals surface area contributed by atoms with E-state index in [1.165, 1.54) is 0 Å². The molecule has 0 saturated heterocycles. The van der Waals surface area contributed by atoms with Crippen LogP contribution in [0, 0.1) is 0 Å². The minimum Gasteiger partial charge on any atom is -0.348 e. The third-order valence-electron chi connectivity index (χ3n) is 3.97. The summed E-state index contributed by atoms with van der Waals surface area (Å²) in [6, 6.07) is 7.06. The maximum atomic E-state index is 12.8. The van der Waals surface area contributed by atoms with Gasteiger partial charge in [0.2, 0.25) is 0 Å². The summed E-state index contributed by atoms with van der Waals surface area (Å²) in [7, 11) is 1.79. The lowest BCUT2D eigenvalue weighted by Gasteiger charge is -2.35. The number of aryl methyl sites for hydroxylation is 1. The molecule has 0 spiro atoms. The zero-order chi connectivity index (χ0) is 15.2. The Bertz CT molecular complexity index is 725. The van der Waals surface area contributed by atoms with E-state index in [-0.39, 0.29) is 18.7 Å². The van der Waals surface area contributed by atoms with Gasteiger partial charge in [-0.2, -0.15) is 0 Å². The fourth-order valence-electron chi connectivity index (χ4n) is 2.85. The molecule has 21 heavy (non-hydrogen) atoms. The first kappa shape index (κ1) is 13.8. The lowest BCUT2D eigenvalue weighted by molar-refractivity contribution is -0.0901. The van der Waals surface area contributed by atoms with Crippen molar-refractivity contribution in [2.75, 3.05) is 0 Å². The van der Waals surface area contributed by atoms with Crippen molar-refractivity contribution in [1.82, 2.24) is 9.88 Å². The van der Waals surface area contributed by atoms with Crippen LogP contribution in [0.4, 0.5) is 8.78 Å². The minimum atomic E-state index is -2.63. The van der Waals surface area contributed by atoms with Gasteiger partial charge in [0.1, 0.15) is 5.69 Å². The first-order chi connectivity index (χ1) is 9.91. The van der Waals surface area contributed by atoms with Crippen LogP contribution in [0.3, 0.4) is 0 Å². The van der Waals surface area contributed by atoms with Gasteiger partial charge >= 0.3 is 0 Å². The molecule has 3 rings (SSSR count). The Morgan fingerprint density at radius 2 is 2.19 bits per heavy atom. The van der Waals surface area contributed by atoms with E-state index >= 15 is 0 Å². The van der Waals surface area contributed by atoms with Crippen molar-refractivity contribution in [3.8, 4) is 0 Å². The predicted octanol–water partition coefficient (Wildman–Crippen LogP) is 3.35.